The Hall–Kier alpha value is -1.43. The van der Waals surface area contributed by atoms with Crippen molar-refractivity contribution in [1.29, 1.82) is 0 Å². The minimum atomic E-state index is 0.290. The molecule has 2 atom stereocenters. The second-order valence-electron chi connectivity index (χ2n) is 6.07. The molecule has 2 saturated heterocycles. The molecule has 0 unspecified atom stereocenters. The van der Waals surface area contributed by atoms with E-state index in [4.69, 9.17) is 4.52 Å². The maximum Gasteiger partial charge on any atom is 0.240 e. The standard InChI is InChI=1S/C15H24N4O2/c1-3-15(20)19-9-5-7-13(19)12-6-4-8-18(12)10-14-16-11(2)17-21-14/h12-13H,3-10H2,1-2H3/t12-,13-/m0/s1. The largest absolute Gasteiger partial charge is 0.338 e. The van der Waals surface area contributed by atoms with Crippen LogP contribution in [-0.4, -0.2) is 51.0 Å². The Labute approximate surface area is 125 Å². The predicted molar refractivity (Wildman–Crippen MR) is 77.5 cm³/mol. The molecule has 3 heterocycles. The fourth-order valence-corrected chi connectivity index (χ4v) is 3.77. The number of likely N-dealkylation sites (tertiary alicyclic amines) is 2. The normalized spacial score (nSPS) is 26.7. The van der Waals surface area contributed by atoms with Gasteiger partial charge in [0, 0.05) is 25.0 Å². The van der Waals surface area contributed by atoms with Crippen molar-refractivity contribution in [2.45, 2.75) is 64.6 Å². The van der Waals surface area contributed by atoms with Gasteiger partial charge in [-0.2, -0.15) is 4.98 Å². The Morgan fingerprint density at radius 1 is 1.29 bits per heavy atom. The molecule has 3 rings (SSSR count). The first kappa shape index (κ1) is 14.5. The maximum absolute atomic E-state index is 12.1. The molecule has 6 heteroatoms. The van der Waals surface area contributed by atoms with E-state index >= 15 is 0 Å². The Morgan fingerprint density at radius 3 is 2.76 bits per heavy atom. The lowest BCUT2D eigenvalue weighted by molar-refractivity contribution is -0.132. The van der Waals surface area contributed by atoms with Gasteiger partial charge in [0.05, 0.1) is 6.54 Å². The van der Waals surface area contributed by atoms with E-state index in [1.807, 2.05) is 13.8 Å². The van der Waals surface area contributed by atoms with Gasteiger partial charge in [-0.15, -0.1) is 0 Å². The summed E-state index contributed by atoms with van der Waals surface area (Å²) in [5.41, 5.74) is 0. The zero-order valence-corrected chi connectivity index (χ0v) is 12.9. The molecule has 0 spiro atoms. The monoisotopic (exact) mass is 292 g/mol. The SMILES string of the molecule is CCC(=O)N1CCC[C@H]1[C@@H]1CCCN1Cc1nc(C)no1. The first-order valence-corrected chi connectivity index (χ1v) is 8.01. The molecule has 2 aliphatic rings. The van der Waals surface area contributed by atoms with Gasteiger partial charge in [0.15, 0.2) is 5.82 Å². The van der Waals surface area contributed by atoms with Crippen molar-refractivity contribution in [3.8, 4) is 0 Å². The first-order chi connectivity index (χ1) is 10.2. The summed E-state index contributed by atoms with van der Waals surface area (Å²) in [6, 6.07) is 0.805. The lowest BCUT2D eigenvalue weighted by Crippen LogP contribution is -2.47. The molecule has 2 fully saturated rings. The van der Waals surface area contributed by atoms with Crippen molar-refractivity contribution < 1.29 is 9.32 Å². The van der Waals surface area contributed by atoms with Crippen LogP contribution in [0, 0.1) is 6.92 Å². The van der Waals surface area contributed by atoms with E-state index in [1.54, 1.807) is 0 Å². The second kappa shape index (κ2) is 6.13. The lowest BCUT2D eigenvalue weighted by Gasteiger charge is -2.34. The van der Waals surface area contributed by atoms with Gasteiger partial charge in [-0.25, -0.2) is 0 Å². The van der Waals surface area contributed by atoms with E-state index in [0.29, 0.717) is 36.8 Å². The summed E-state index contributed by atoms with van der Waals surface area (Å²) in [7, 11) is 0. The number of hydrogen-bond donors (Lipinski definition) is 0. The van der Waals surface area contributed by atoms with Crippen molar-refractivity contribution in [3.63, 3.8) is 0 Å². The van der Waals surface area contributed by atoms with Gasteiger partial charge in [0.2, 0.25) is 11.8 Å². The highest BCUT2D eigenvalue weighted by molar-refractivity contribution is 5.76. The zero-order valence-electron chi connectivity index (χ0n) is 12.9. The Balaban J connectivity index is 1.69. The van der Waals surface area contributed by atoms with E-state index in [1.165, 1.54) is 6.42 Å². The van der Waals surface area contributed by atoms with Gasteiger partial charge in [-0.05, 0) is 39.2 Å². The van der Waals surface area contributed by atoms with Crippen molar-refractivity contribution >= 4 is 5.91 Å². The van der Waals surface area contributed by atoms with E-state index in [2.05, 4.69) is 19.9 Å². The summed E-state index contributed by atoms with van der Waals surface area (Å²) in [6.07, 6.45) is 5.19. The average Bonchev–Trinajstić information content (AvgIpc) is 3.18. The van der Waals surface area contributed by atoms with Crippen LogP contribution in [0.2, 0.25) is 0 Å². The molecule has 6 nitrogen and oxygen atoms in total. The smallest absolute Gasteiger partial charge is 0.240 e. The van der Waals surface area contributed by atoms with Crippen molar-refractivity contribution in [1.82, 2.24) is 19.9 Å². The number of rotatable bonds is 4. The Kier molecular flexibility index (Phi) is 4.24. The molecule has 0 bridgehead atoms. The molecule has 2 aliphatic heterocycles. The molecule has 1 aromatic rings. The number of aromatic nitrogens is 2. The predicted octanol–water partition coefficient (Wildman–Crippen LogP) is 1.74. The molecule has 0 radical (unpaired) electrons. The Morgan fingerprint density at radius 2 is 2.05 bits per heavy atom. The third kappa shape index (κ3) is 2.95. The summed E-state index contributed by atoms with van der Waals surface area (Å²) in [5, 5.41) is 3.86. The average molecular weight is 292 g/mol. The summed E-state index contributed by atoms with van der Waals surface area (Å²) < 4.78 is 5.25. The molecular formula is C15H24N4O2. The van der Waals surface area contributed by atoms with Crippen LogP contribution >= 0.6 is 0 Å². The quantitative estimate of drug-likeness (QED) is 0.846. The van der Waals surface area contributed by atoms with Crippen molar-refractivity contribution in [2.24, 2.45) is 0 Å². The van der Waals surface area contributed by atoms with Crippen LogP contribution in [0.15, 0.2) is 4.52 Å². The maximum atomic E-state index is 12.1. The zero-order chi connectivity index (χ0) is 14.8. The minimum absolute atomic E-state index is 0.290. The Bertz CT molecular complexity index is 502. The molecule has 21 heavy (non-hydrogen) atoms. The second-order valence-corrected chi connectivity index (χ2v) is 6.07. The van der Waals surface area contributed by atoms with Gasteiger partial charge >= 0.3 is 0 Å². The molecular weight excluding hydrogens is 268 g/mol. The van der Waals surface area contributed by atoms with E-state index in [-0.39, 0.29) is 5.91 Å². The van der Waals surface area contributed by atoms with Crippen LogP contribution in [0.4, 0.5) is 0 Å². The van der Waals surface area contributed by atoms with Crippen molar-refractivity contribution in [2.75, 3.05) is 13.1 Å². The number of carbonyl (C=O) groups is 1. The van der Waals surface area contributed by atoms with Crippen LogP contribution < -0.4 is 0 Å². The number of nitrogens with zero attached hydrogens (tertiary/aromatic N) is 4. The highest BCUT2D eigenvalue weighted by atomic mass is 16.5. The highest BCUT2D eigenvalue weighted by Crippen LogP contribution is 2.31. The fraction of sp³-hybridized carbons (Fsp3) is 0.800. The van der Waals surface area contributed by atoms with E-state index in [0.717, 1.165) is 32.4 Å². The van der Waals surface area contributed by atoms with Gasteiger partial charge in [0.1, 0.15) is 0 Å². The molecule has 0 aliphatic carbocycles. The lowest BCUT2D eigenvalue weighted by atomic mass is 10.0. The van der Waals surface area contributed by atoms with Gasteiger partial charge in [-0.3, -0.25) is 9.69 Å². The van der Waals surface area contributed by atoms with Crippen LogP contribution in [0.5, 0.6) is 0 Å². The highest BCUT2D eigenvalue weighted by Gasteiger charge is 2.39. The van der Waals surface area contributed by atoms with Crippen molar-refractivity contribution in [3.05, 3.63) is 11.7 Å². The molecule has 0 saturated carbocycles. The topological polar surface area (TPSA) is 62.5 Å². The number of amides is 1. The van der Waals surface area contributed by atoms with Gasteiger partial charge < -0.3 is 9.42 Å². The fourth-order valence-electron chi connectivity index (χ4n) is 3.77. The number of hydrogen-bond acceptors (Lipinski definition) is 5. The van der Waals surface area contributed by atoms with Crippen LogP contribution in [0.1, 0.15) is 50.7 Å². The molecule has 0 aromatic carbocycles. The van der Waals surface area contributed by atoms with Crippen LogP contribution in [-0.2, 0) is 11.3 Å². The molecule has 1 amide bonds. The third-order valence-corrected chi connectivity index (χ3v) is 4.69. The summed E-state index contributed by atoms with van der Waals surface area (Å²) in [5.74, 6) is 1.66. The first-order valence-electron chi connectivity index (χ1n) is 8.01. The van der Waals surface area contributed by atoms with E-state index in [9.17, 15) is 4.79 Å². The molecule has 1 aromatic heterocycles. The van der Waals surface area contributed by atoms with Gasteiger partial charge in [0.25, 0.3) is 0 Å². The van der Waals surface area contributed by atoms with Gasteiger partial charge in [-0.1, -0.05) is 12.1 Å². The van der Waals surface area contributed by atoms with E-state index < -0.39 is 0 Å². The molecule has 116 valence electrons. The summed E-state index contributed by atoms with van der Waals surface area (Å²) >= 11 is 0. The third-order valence-electron chi connectivity index (χ3n) is 4.69. The van der Waals surface area contributed by atoms with Crippen LogP contribution in [0.3, 0.4) is 0 Å². The summed E-state index contributed by atoms with van der Waals surface area (Å²) in [6.45, 7) is 6.46. The minimum Gasteiger partial charge on any atom is -0.338 e. The molecule has 0 N–H and O–H groups in total. The number of aryl methyl sites for hydroxylation is 1. The summed E-state index contributed by atoms with van der Waals surface area (Å²) in [4.78, 5) is 20.9. The number of carbonyl (C=O) groups excluding carboxylic acids is 1. The van der Waals surface area contributed by atoms with Crippen LogP contribution in [0.25, 0.3) is 0 Å².